The van der Waals surface area contributed by atoms with Gasteiger partial charge >= 0.3 is 0 Å². The lowest BCUT2D eigenvalue weighted by Crippen LogP contribution is -2.48. The fraction of sp³-hybridized carbons (Fsp3) is 0.556. The second kappa shape index (κ2) is 3.96. The van der Waals surface area contributed by atoms with Crippen LogP contribution in [0.15, 0.2) is 29.8 Å². The Balaban J connectivity index is 1.74. The summed E-state index contributed by atoms with van der Waals surface area (Å²) in [7, 11) is 0. The predicted octanol–water partition coefficient (Wildman–Crippen LogP) is 3.89. The van der Waals surface area contributed by atoms with Crippen molar-refractivity contribution >= 4 is 5.57 Å². The number of hydrogen-bond acceptors (Lipinski definition) is 1. The predicted molar refractivity (Wildman–Crippen MR) is 80.1 cm³/mol. The van der Waals surface area contributed by atoms with Crippen molar-refractivity contribution in [1.82, 2.24) is 4.90 Å². The average Bonchev–Trinajstić information content (AvgIpc) is 2.77. The third kappa shape index (κ3) is 1.79. The van der Waals surface area contributed by atoms with Crippen molar-refractivity contribution in [3.8, 4) is 0 Å². The molecule has 1 heteroatoms. The maximum Gasteiger partial charge on any atom is 0.0322 e. The smallest absolute Gasteiger partial charge is 0.0322 e. The van der Waals surface area contributed by atoms with Crippen LogP contribution in [0.3, 0.4) is 0 Å². The van der Waals surface area contributed by atoms with E-state index in [1.165, 1.54) is 38.8 Å². The maximum absolute atomic E-state index is 2.75. The molecule has 1 unspecified atom stereocenters. The number of rotatable bonds is 0. The minimum absolute atomic E-state index is 0.519. The lowest BCUT2D eigenvalue weighted by Gasteiger charge is -2.46. The number of piperidine rings is 1. The highest BCUT2D eigenvalue weighted by Crippen LogP contribution is 2.46. The van der Waals surface area contributed by atoms with E-state index in [-0.39, 0.29) is 0 Å². The first-order valence-electron chi connectivity index (χ1n) is 7.68. The molecule has 0 radical (unpaired) electrons. The molecule has 0 aromatic heterocycles. The molecule has 2 aliphatic heterocycles. The summed E-state index contributed by atoms with van der Waals surface area (Å²) in [4.78, 5) is 2.75. The summed E-state index contributed by atoms with van der Waals surface area (Å²) >= 11 is 0. The van der Waals surface area contributed by atoms with E-state index in [9.17, 15) is 0 Å². The molecule has 1 nitrogen and oxygen atoms in total. The molecule has 19 heavy (non-hydrogen) atoms. The topological polar surface area (TPSA) is 3.24 Å². The fourth-order valence-corrected chi connectivity index (χ4v) is 4.29. The van der Waals surface area contributed by atoms with Crippen LogP contribution in [0.4, 0.5) is 0 Å². The van der Waals surface area contributed by atoms with Crippen molar-refractivity contribution in [2.75, 3.05) is 13.1 Å². The Morgan fingerprint density at radius 3 is 2.89 bits per heavy atom. The fourth-order valence-electron chi connectivity index (χ4n) is 4.29. The van der Waals surface area contributed by atoms with Crippen molar-refractivity contribution in [2.24, 2.45) is 5.41 Å². The summed E-state index contributed by atoms with van der Waals surface area (Å²) in [5.74, 6) is 0. The Morgan fingerprint density at radius 1 is 1.16 bits per heavy atom. The Bertz CT molecular complexity index is 553. The third-order valence-corrected chi connectivity index (χ3v) is 5.42. The molecular weight excluding hydrogens is 230 g/mol. The summed E-state index contributed by atoms with van der Waals surface area (Å²) in [6.07, 6.45) is 5.19. The largest absolute Gasteiger partial charge is 0.296 e. The van der Waals surface area contributed by atoms with Gasteiger partial charge in [0.15, 0.2) is 0 Å². The van der Waals surface area contributed by atoms with Crippen LogP contribution in [-0.2, 0) is 6.42 Å². The molecule has 0 spiro atoms. The Kier molecular flexibility index (Phi) is 2.44. The van der Waals surface area contributed by atoms with E-state index in [2.05, 4.69) is 43.0 Å². The van der Waals surface area contributed by atoms with E-state index >= 15 is 0 Å². The monoisotopic (exact) mass is 253 g/mol. The molecule has 4 rings (SSSR count). The summed E-state index contributed by atoms with van der Waals surface area (Å²) in [6, 6.07) is 9.78. The molecule has 1 saturated heterocycles. The number of hydrogen-bond donors (Lipinski definition) is 0. The van der Waals surface area contributed by atoms with Crippen LogP contribution < -0.4 is 0 Å². The molecule has 1 aliphatic carbocycles. The molecule has 0 saturated carbocycles. The quantitative estimate of drug-likeness (QED) is 0.678. The van der Waals surface area contributed by atoms with Crippen LogP contribution in [0.25, 0.3) is 5.57 Å². The Hall–Kier alpha value is -1.08. The molecule has 2 heterocycles. The zero-order valence-corrected chi connectivity index (χ0v) is 12.1. The van der Waals surface area contributed by atoms with Gasteiger partial charge in [0.1, 0.15) is 0 Å². The van der Waals surface area contributed by atoms with Gasteiger partial charge in [0, 0.05) is 12.6 Å². The van der Waals surface area contributed by atoms with Crippen molar-refractivity contribution < 1.29 is 0 Å². The first kappa shape index (κ1) is 11.7. The molecule has 0 amide bonds. The number of fused-ring (bicyclic) bond motifs is 4. The first-order valence-corrected chi connectivity index (χ1v) is 7.68. The Labute approximate surface area is 116 Å². The van der Waals surface area contributed by atoms with Crippen LogP contribution in [0, 0.1) is 5.41 Å². The van der Waals surface area contributed by atoms with Gasteiger partial charge in [-0.1, -0.05) is 38.1 Å². The van der Waals surface area contributed by atoms with Gasteiger partial charge in [0.25, 0.3) is 0 Å². The number of benzene rings is 1. The highest BCUT2D eigenvalue weighted by atomic mass is 15.2. The molecule has 1 aromatic carbocycles. The minimum Gasteiger partial charge on any atom is -0.296 e. The second-order valence-electron chi connectivity index (χ2n) is 7.26. The van der Waals surface area contributed by atoms with Crippen LogP contribution in [-0.4, -0.2) is 24.0 Å². The van der Waals surface area contributed by atoms with Gasteiger partial charge in [-0.2, -0.15) is 0 Å². The van der Waals surface area contributed by atoms with Gasteiger partial charge in [-0.25, -0.2) is 0 Å². The highest BCUT2D eigenvalue weighted by Gasteiger charge is 2.40. The van der Waals surface area contributed by atoms with Crippen LogP contribution >= 0.6 is 0 Å². The van der Waals surface area contributed by atoms with Gasteiger partial charge in [-0.3, -0.25) is 4.90 Å². The minimum atomic E-state index is 0.519. The van der Waals surface area contributed by atoms with Gasteiger partial charge in [-0.15, -0.1) is 0 Å². The van der Waals surface area contributed by atoms with E-state index in [1.807, 2.05) is 0 Å². The van der Waals surface area contributed by atoms with Gasteiger partial charge in [0.05, 0.1) is 0 Å². The van der Waals surface area contributed by atoms with Crippen LogP contribution in [0.5, 0.6) is 0 Å². The molecule has 1 fully saturated rings. The number of nitrogens with zero attached hydrogens (tertiary/aromatic N) is 1. The zero-order valence-electron chi connectivity index (χ0n) is 12.1. The summed E-state index contributed by atoms with van der Waals surface area (Å²) in [5, 5.41) is 0. The van der Waals surface area contributed by atoms with E-state index < -0.39 is 0 Å². The summed E-state index contributed by atoms with van der Waals surface area (Å²) in [5.41, 5.74) is 7.08. The molecule has 0 bridgehead atoms. The van der Waals surface area contributed by atoms with Crippen molar-refractivity contribution in [1.29, 1.82) is 0 Å². The van der Waals surface area contributed by atoms with E-state index in [4.69, 9.17) is 0 Å². The lowest BCUT2D eigenvalue weighted by molar-refractivity contribution is 0.0854. The normalized spacial score (nSPS) is 28.8. The molecule has 3 aliphatic rings. The highest BCUT2D eigenvalue weighted by molar-refractivity contribution is 5.78. The van der Waals surface area contributed by atoms with Crippen LogP contribution in [0.1, 0.15) is 44.2 Å². The molecule has 100 valence electrons. The van der Waals surface area contributed by atoms with E-state index in [1.54, 1.807) is 22.3 Å². The summed E-state index contributed by atoms with van der Waals surface area (Å²) < 4.78 is 0. The standard InChI is InChI=1S/C18H23N/c1-18(2)8-10-19-9-7-15-14-6-4-3-5-13(14)11-16(15)17(19)12-18/h3-6,17H,7-12H2,1-2H3. The Morgan fingerprint density at radius 2 is 2.00 bits per heavy atom. The van der Waals surface area contributed by atoms with E-state index in [0.29, 0.717) is 5.41 Å². The van der Waals surface area contributed by atoms with Crippen molar-refractivity contribution in [3.63, 3.8) is 0 Å². The van der Waals surface area contributed by atoms with Crippen molar-refractivity contribution in [3.05, 3.63) is 41.0 Å². The lowest BCUT2D eigenvalue weighted by atomic mass is 9.74. The van der Waals surface area contributed by atoms with Gasteiger partial charge in [0.2, 0.25) is 0 Å². The third-order valence-electron chi connectivity index (χ3n) is 5.42. The molecule has 1 aromatic rings. The maximum atomic E-state index is 2.75. The average molecular weight is 253 g/mol. The van der Waals surface area contributed by atoms with Gasteiger partial charge in [-0.05, 0) is 59.9 Å². The van der Waals surface area contributed by atoms with Crippen molar-refractivity contribution in [2.45, 2.75) is 45.6 Å². The van der Waals surface area contributed by atoms with Crippen LogP contribution in [0.2, 0.25) is 0 Å². The molecule has 1 atom stereocenters. The molecular formula is C18H23N. The summed E-state index contributed by atoms with van der Waals surface area (Å²) in [6.45, 7) is 7.46. The van der Waals surface area contributed by atoms with E-state index in [0.717, 1.165) is 6.04 Å². The zero-order chi connectivity index (χ0) is 13.0. The SMILES string of the molecule is CC1(C)CCN2CCC3=C(Cc4ccccc43)C2C1. The molecule has 0 N–H and O–H groups in total. The first-order chi connectivity index (χ1) is 9.14. The van der Waals surface area contributed by atoms with Gasteiger partial charge < -0.3 is 0 Å². The second-order valence-corrected chi connectivity index (χ2v) is 7.26.